The van der Waals surface area contributed by atoms with Gasteiger partial charge in [0.1, 0.15) is 11.5 Å². The second-order valence-corrected chi connectivity index (χ2v) is 20.8. The summed E-state index contributed by atoms with van der Waals surface area (Å²) in [5.41, 5.74) is 9.44. The van der Waals surface area contributed by atoms with Crippen molar-refractivity contribution in [3.05, 3.63) is 145 Å². The Hall–Kier alpha value is -5.04. The summed E-state index contributed by atoms with van der Waals surface area (Å²) in [6, 6.07) is 48.5. The maximum absolute atomic E-state index is 6.21. The van der Waals surface area contributed by atoms with Gasteiger partial charge in [0.15, 0.2) is 0 Å². The zero-order chi connectivity index (χ0) is 46.6. The smallest absolute Gasteiger partial charge is 0.119 e. The minimum absolute atomic E-state index is 0.777. The van der Waals surface area contributed by atoms with E-state index in [0.717, 1.165) is 48.9 Å². The molecule has 0 radical (unpaired) electrons. The molecule has 2 aliphatic heterocycles. The molecule has 0 bridgehead atoms. The molecule has 0 fully saturated rings. The number of fused-ring (bicyclic) bond motifs is 4. The van der Waals surface area contributed by atoms with Gasteiger partial charge in [-0.05, 0) is 121 Å². The average molecular weight is 943 g/mol. The first kappa shape index (κ1) is 49.4. The van der Waals surface area contributed by atoms with Crippen LogP contribution < -0.4 is 19.3 Å². The first-order valence-electron chi connectivity index (χ1n) is 26.2. The van der Waals surface area contributed by atoms with Crippen LogP contribution in [0.25, 0.3) is 12.2 Å². The maximum atomic E-state index is 6.21. The van der Waals surface area contributed by atoms with Gasteiger partial charge in [0, 0.05) is 31.0 Å². The van der Waals surface area contributed by atoms with E-state index in [4.69, 9.17) is 9.47 Å². The van der Waals surface area contributed by atoms with Crippen molar-refractivity contribution in [2.75, 3.05) is 23.0 Å². The number of nitrogens with zero attached hydrogens (tertiary/aromatic N) is 2. The molecule has 6 aromatic rings. The van der Waals surface area contributed by atoms with Crippen LogP contribution in [-0.4, -0.2) is 13.2 Å². The first-order chi connectivity index (χ1) is 33.7. The predicted octanol–water partition coefficient (Wildman–Crippen LogP) is 20.3. The quantitative estimate of drug-likeness (QED) is 0.0358. The molecular formula is C62H74N2O2S2. The van der Waals surface area contributed by atoms with Gasteiger partial charge in [-0.2, -0.15) is 0 Å². The molecule has 0 saturated heterocycles. The van der Waals surface area contributed by atoms with Crippen molar-refractivity contribution in [3.8, 4) is 11.5 Å². The molecule has 0 spiro atoms. The molecule has 0 amide bonds. The van der Waals surface area contributed by atoms with Gasteiger partial charge in [-0.1, -0.05) is 201 Å². The zero-order valence-electron chi connectivity index (χ0n) is 40.9. The lowest BCUT2D eigenvalue weighted by molar-refractivity contribution is 0.304. The summed E-state index contributed by atoms with van der Waals surface area (Å²) in [6.07, 6.45) is 31.1. The summed E-state index contributed by atoms with van der Waals surface area (Å²) in [5, 5.41) is 0. The number of benzene rings is 6. The van der Waals surface area contributed by atoms with Crippen LogP contribution in [-0.2, 0) is 0 Å². The summed E-state index contributed by atoms with van der Waals surface area (Å²) in [7, 11) is 0. The Balaban J connectivity index is 0.877. The Morgan fingerprint density at radius 2 is 0.691 bits per heavy atom. The second kappa shape index (κ2) is 26.6. The van der Waals surface area contributed by atoms with Crippen molar-refractivity contribution in [1.82, 2.24) is 0 Å². The van der Waals surface area contributed by atoms with Gasteiger partial charge in [0.05, 0.1) is 36.0 Å². The van der Waals surface area contributed by atoms with Gasteiger partial charge in [-0.15, -0.1) is 0 Å². The Morgan fingerprint density at radius 3 is 1.07 bits per heavy atom. The van der Waals surface area contributed by atoms with E-state index in [2.05, 4.69) is 169 Å². The van der Waals surface area contributed by atoms with Gasteiger partial charge >= 0.3 is 0 Å². The van der Waals surface area contributed by atoms with Crippen molar-refractivity contribution < 1.29 is 9.47 Å². The van der Waals surface area contributed by atoms with Gasteiger partial charge in [0.2, 0.25) is 0 Å². The number of unbranched alkanes of at least 4 members (excludes halogenated alkanes) is 18. The van der Waals surface area contributed by atoms with Crippen molar-refractivity contribution in [2.24, 2.45) is 0 Å². The van der Waals surface area contributed by atoms with Crippen LogP contribution in [0.1, 0.15) is 153 Å². The Bertz CT molecular complexity index is 2310. The van der Waals surface area contributed by atoms with Crippen molar-refractivity contribution in [3.63, 3.8) is 0 Å². The summed E-state index contributed by atoms with van der Waals surface area (Å²) >= 11 is 3.70. The summed E-state index contributed by atoms with van der Waals surface area (Å²) < 4.78 is 12.4. The number of ether oxygens (including phenoxy) is 2. The molecule has 4 nitrogen and oxygen atoms in total. The van der Waals surface area contributed by atoms with Crippen LogP contribution in [0.5, 0.6) is 11.5 Å². The Morgan fingerprint density at radius 1 is 0.353 bits per heavy atom. The molecule has 0 atom stereocenters. The van der Waals surface area contributed by atoms with E-state index in [1.807, 2.05) is 23.5 Å². The molecular weight excluding hydrogens is 869 g/mol. The highest BCUT2D eigenvalue weighted by Gasteiger charge is 2.26. The fourth-order valence-corrected chi connectivity index (χ4v) is 11.7. The van der Waals surface area contributed by atoms with Gasteiger partial charge < -0.3 is 19.3 Å². The predicted molar refractivity (Wildman–Crippen MR) is 294 cm³/mol. The average Bonchev–Trinajstić information content (AvgIpc) is 3.37. The largest absolute Gasteiger partial charge is 0.494 e. The monoisotopic (exact) mass is 943 g/mol. The van der Waals surface area contributed by atoms with Crippen LogP contribution >= 0.6 is 23.5 Å². The topological polar surface area (TPSA) is 24.9 Å². The lowest BCUT2D eigenvalue weighted by Crippen LogP contribution is -2.14. The van der Waals surface area contributed by atoms with Crippen molar-refractivity contribution in [1.29, 1.82) is 0 Å². The summed E-state index contributed by atoms with van der Waals surface area (Å²) in [6.45, 7) is 6.13. The molecule has 2 heterocycles. The molecule has 8 rings (SSSR count). The van der Waals surface area contributed by atoms with Crippen LogP contribution in [0.2, 0.25) is 0 Å². The van der Waals surface area contributed by atoms with E-state index < -0.39 is 0 Å². The molecule has 6 aromatic carbocycles. The molecule has 0 aliphatic carbocycles. The SMILES string of the molecule is CCCCCCCCCCCCOc1ccc(N2c3ccccc3Sc3cc(/C=C/c4ccc5c(c4)Sc4ccccc4N5c4ccc(OCCCCCCCCCCCC)cc4)ccc32)cc1. The number of para-hydroxylation sites is 2. The van der Waals surface area contributed by atoms with Gasteiger partial charge in [0.25, 0.3) is 0 Å². The molecule has 0 saturated carbocycles. The minimum Gasteiger partial charge on any atom is -0.494 e. The van der Waals surface area contributed by atoms with Crippen LogP contribution in [0.4, 0.5) is 34.1 Å². The van der Waals surface area contributed by atoms with E-state index in [1.54, 1.807) is 0 Å². The Kier molecular flexibility index (Phi) is 19.4. The van der Waals surface area contributed by atoms with E-state index in [9.17, 15) is 0 Å². The van der Waals surface area contributed by atoms with Crippen LogP contribution in [0.15, 0.2) is 153 Å². The maximum Gasteiger partial charge on any atom is 0.119 e. The summed E-state index contributed by atoms with van der Waals surface area (Å²) in [5.74, 6) is 1.88. The molecule has 0 unspecified atom stereocenters. The van der Waals surface area contributed by atoms with E-state index in [1.165, 1.54) is 169 Å². The summed E-state index contributed by atoms with van der Waals surface area (Å²) in [4.78, 5) is 9.79. The number of anilines is 6. The number of hydrogen-bond acceptors (Lipinski definition) is 6. The standard InChI is InChI=1S/C62H74N2O2S2/c1-3-5-7-9-11-13-15-17-19-25-45-65-53-39-35-51(36-40-53)63-55-27-21-23-29-59(55)67-61-47-49(33-43-57(61)63)31-32-50-34-44-58-62(48-50)68-60-30-24-22-28-56(60)64(58)52-37-41-54(42-38-52)66-46-26-20-18-16-14-12-10-8-6-4-2/h21-24,27-44,47-48H,3-20,25-26,45-46H2,1-2H3/b32-31+. The highest BCUT2D eigenvalue weighted by atomic mass is 32.2. The van der Waals surface area contributed by atoms with Crippen LogP contribution in [0, 0.1) is 0 Å². The van der Waals surface area contributed by atoms with E-state index in [-0.39, 0.29) is 0 Å². The van der Waals surface area contributed by atoms with E-state index in [0.29, 0.717) is 0 Å². The third kappa shape index (κ3) is 13.8. The highest BCUT2D eigenvalue weighted by Crippen LogP contribution is 2.53. The van der Waals surface area contributed by atoms with Crippen molar-refractivity contribution in [2.45, 2.75) is 162 Å². The first-order valence-corrected chi connectivity index (χ1v) is 27.9. The highest BCUT2D eigenvalue weighted by molar-refractivity contribution is 8.00. The number of hydrogen-bond donors (Lipinski definition) is 0. The fourth-order valence-electron chi connectivity index (χ4n) is 9.45. The molecule has 0 aromatic heterocycles. The van der Waals surface area contributed by atoms with Gasteiger partial charge in [-0.3, -0.25) is 0 Å². The van der Waals surface area contributed by atoms with Gasteiger partial charge in [-0.25, -0.2) is 0 Å². The zero-order valence-corrected chi connectivity index (χ0v) is 42.6. The normalized spacial score (nSPS) is 12.7. The lowest BCUT2D eigenvalue weighted by atomic mass is 10.1. The number of rotatable bonds is 28. The van der Waals surface area contributed by atoms with Crippen molar-refractivity contribution >= 4 is 69.8 Å². The molecule has 68 heavy (non-hydrogen) atoms. The van der Waals surface area contributed by atoms with Crippen LogP contribution in [0.3, 0.4) is 0 Å². The van der Waals surface area contributed by atoms with E-state index >= 15 is 0 Å². The third-order valence-electron chi connectivity index (χ3n) is 13.3. The Labute approximate surface area is 417 Å². The fraction of sp³-hybridized carbons (Fsp3) is 0.387. The minimum atomic E-state index is 0.777. The lowest BCUT2D eigenvalue weighted by Gasteiger charge is -2.33. The molecule has 356 valence electrons. The second-order valence-electron chi connectivity index (χ2n) is 18.6. The third-order valence-corrected chi connectivity index (χ3v) is 15.5. The molecule has 6 heteroatoms. The molecule has 2 aliphatic rings. The molecule has 0 N–H and O–H groups in total.